The molecule has 5 heteroatoms. The fraction of sp³-hybridized carbons (Fsp3) is 0.455. The maximum absolute atomic E-state index is 12.7. The highest BCUT2D eigenvalue weighted by Gasteiger charge is 2.35. The number of hydrogen-bond donors (Lipinski definition) is 2. The van der Waals surface area contributed by atoms with Crippen molar-refractivity contribution in [2.45, 2.75) is 25.2 Å². The van der Waals surface area contributed by atoms with Crippen molar-refractivity contribution < 1.29 is 13.2 Å². The van der Waals surface area contributed by atoms with Crippen molar-refractivity contribution in [3.05, 3.63) is 34.9 Å². The van der Waals surface area contributed by atoms with E-state index in [2.05, 4.69) is 5.32 Å². The molecular formula is C11H13F3N2. The standard InChI is InChI=1S/C11H13F3N2/c12-11(13,14)10-3-1-2-7-4-8(5-15)16-6-9(7)10/h1-3,8,16H,4-6,15H2. The summed E-state index contributed by atoms with van der Waals surface area (Å²) in [5.41, 5.74) is 6.08. The number of fused-ring (bicyclic) bond motifs is 1. The van der Waals surface area contributed by atoms with Gasteiger partial charge in [-0.15, -0.1) is 0 Å². The third-order valence-electron chi connectivity index (χ3n) is 2.90. The molecule has 0 spiro atoms. The minimum Gasteiger partial charge on any atom is -0.329 e. The number of nitrogens with two attached hydrogens (primary N) is 1. The van der Waals surface area contributed by atoms with Gasteiger partial charge in [0, 0.05) is 19.1 Å². The fourth-order valence-corrected chi connectivity index (χ4v) is 2.05. The Hall–Kier alpha value is -1.07. The molecular weight excluding hydrogens is 217 g/mol. The molecule has 2 rings (SSSR count). The Bertz CT molecular complexity index is 387. The lowest BCUT2D eigenvalue weighted by molar-refractivity contribution is -0.138. The second-order valence-corrected chi connectivity index (χ2v) is 3.96. The van der Waals surface area contributed by atoms with Gasteiger partial charge in [0.05, 0.1) is 5.56 Å². The summed E-state index contributed by atoms with van der Waals surface area (Å²) in [6, 6.07) is 4.41. The molecule has 1 aromatic carbocycles. The molecule has 0 bridgehead atoms. The monoisotopic (exact) mass is 230 g/mol. The van der Waals surface area contributed by atoms with E-state index in [1.165, 1.54) is 6.07 Å². The van der Waals surface area contributed by atoms with Crippen molar-refractivity contribution in [3.63, 3.8) is 0 Å². The largest absolute Gasteiger partial charge is 0.416 e. The van der Waals surface area contributed by atoms with Gasteiger partial charge in [-0.05, 0) is 23.6 Å². The van der Waals surface area contributed by atoms with E-state index < -0.39 is 11.7 Å². The van der Waals surface area contributed by atoms with Crippen LogP contribution in [0.5, 0.6) is 0 Å². The molecule has 0 fully saturated rings. The molecule has 88 valence electrons. The van der Waals surface area contributed by atoms with Gasteiger partial charge in [0.25, 0.3) is 0 Å². The SMILES string of the molecule is NCC1Cc2cccc(C(F)(F)F)c2CN1. The van der Waals surface area contributed by atoms with E-state index >= 15 is 0 Å². The summed E-state index contributed by atoms with van der Waals surface area (Å²) in [7, 11) is 0. The lowest BCUT2D eigenvalue weighted by Gasteiger charge is -2.27. The van der Waals surface area contributed by atoms with E-state index in [0.717, 1.165) is 11.6 Å². The van der Waals surface area contributed by atoms with Crippen molar-refractivity contribution in [3.8, 4) is 0 Å². The summed E-state index contributed by atoms with van der Waals surface area (Å²) in [4.78, 5) is 0. The zero-order valence-corrected chi connectivity index (χ0v) is 8.64. The van der Waals surface area contributed by atoms with E-state index in [0.29, 0.717) is 18.5 Å². The minimum absolute atomic E-state index is 0.0796. The predicted octanol–water partition coefficient (Wildman–Crippen LogP) is 1.68. The van der Waals surface area contributed by atoms with Crippen LogP contribution in [-0.4, -0.2) is 12.6 Å². The topological polar surface area (TPSA) is 38.0 Å². The molecule has 1 aliphatic rings. The molecule has 1 unspecified atom stereocenters. The first-order valence-corrected chi connectivity index (χ1v) is 5.14. The third kappa shape index (κ3) is 2.05. The van der Waals surface area contributed by atoms with Gasteiger partial charge >= 0.3 is 6.18 Å². The summed E-state index contributed by atoms with van der Waals surface area (Å²) < 4.78 is 38.1. The summed E-state index contributed by atoms with van der Waals surface area (Å²) in [6.45, 7) is 0.683. The molecule has 0 amide bonds. The summed E-state index contributed by atoms with van der Waals surface area (Å²) in [6.07, 6.45) is -3.71. The number of nitrogens with one attached hydrogen (secondary N) is 1. The van der Waals surface area contributed by atoms with Crippen LogP contribution in [0.3, 0.4) is 0 Å². The predicted molar refractivity (Wildman–Crippen MR) is 54.8 cm³/mol. The third-order valence-corrected chi connectivity index (χ3v) is 2.90. The molecule has 1 aliphatic heterocycles. The van der Waals surface area contributed by atoms with E-state index in [1.807, 2.05) is 0 Å². The second-order valence-electron chi connectivity index (χ2n) is 3.96. The number of hydrogen-bond acceptors (Lipinski definition) is 2. The molecule has 16 heavy (non-hydrogen) atoms. The molecule has 1 aromatic rings. The van der Waals surface area contributed by atoms with Crippen molar-refractivity contribution in [2.24, 2.45) is 5.73 Å². The summed E-state index contributed by atoms with van der Waals surface area (Å²) >= 11 is 0. The van der Waals surface area contributed by atoms with Crippen LogP contribution in [0.15, 0.2) is 18.2 Å². The van der Waals surface area contributed by atoms with E-state index in [9.17, 15) is 13.2 Å². The molecule has 2 nitrogen and oxygen atoms in total. The molecule has 3 N–H and O–H groups in total. The van der Waals surface area contributed by atoms with Crippen LogP contribution in [0.2, 0.25) is 0 Å². The van der Waals surface area contributed by atoms with Gasteiger partial charge < -0.3 is 11.1 Å². The Kier molecular flexibility index (Phi) is 2.90. The lowest BCUT2D eigenvalue weighted by atomic mass is 9.92. The molecule has 1 atom stereocenters. The number of halogens is 3. The van der Waals surface area contributed by atoms with Gasteiger partial charge in [-0.2, -0.15) is 13.2 Å². The van der Waals surface area contributed by atoms with Crippen LogP contribution < -0.4 is 11.1 Å². The number of alkyl halides is 3. The van der Waals surface area contributed by atoms with Crippen LogP contribution in [0.25, 0.3) is 0 Å². The van der Waals surface area contributed by atoms with Crippen LogP contribution in [0, 0.1) is 0 Å². The second kappa shape index (κ2) is 4.07. The van der Waals surface area contributed by atoms with Gasteiger partial charge in [-0.25, -0.2) is 0 Å². The van der Waals surface area contributed by atoms with Crippen LogP contribution >= 0.6 is 0 Å². The van der Waals surface area contributed by atoms with Crippen molar-refractivity contribution in [2.75, 3.05) is 6.54 Å². The summed E-state index contributed by atoms with van der Waals surface area (Å²) in [5.74, 6) is 0. The lowest BCUT2D eigenvalue weighted by Crippen LogP contribution is -2.41. The van der Waals surface area contributed by atoms with Crippen LogP contribution in [-0.2, 0) is 19.1 Å². The zero-order chi connectivity index (χ0) is 11.8. The average Bonchev–Trinajstić information content (AvgIpc) is 2.26. The van der Waals surface area contributed by atoms with Crippen molar-refractivity contribution >= 4 is 0 Å². The highest BCUT2D eigenvalue weighted by atomic mass is 19.4. The Labute approximate surface area is 91.6 Å². The van der Waals surface area contributed by atoms with Gasteiger partial charge in [-0.3, -0.25) is 0 Å². The first-order valence-electron chi connectivity index (χ1n) is 5.14. The Morgan fingerprint density at radius 2 is 2.12 bits per heavy atom. The fourth-order valence-electron chi connectivity index (χ4n) is 2.05. The Balaban J connectivity index is 2.39. The Morgan fingerprint density at radius 1 is 1.38 bits per heavy atom. The molecule has 0 aromatic heterocycles. The Morgan fingerprint density at radius 3 is 2.75 bits per heavy atom. The maximum atomic E-state index is 12.7. The van der Waals surface area contributed by atoms with Crippen LogP contribution in [0.1, 0.15) is 16.7 Å². The number of benzene rings is 1. The first-order chi connectivity index (χ1) is 7.52. The average molecular weight is 230 g/mol. The molecule has 0 saturated carbocycles. The summed E-state index contributed by atoms with van der Waals surface area (Å²) in [5, 5.41) is 3.01. The quantitative estimate of drug-likeness (QED) is 0.770. The first kappa shape index (κ1) is 11.4. The maximum Gasteiger partial charge on any atom is 0.416 e. The normalized spacial score (nSPS) is 20.6. The van der Waals surface area contributed by atoms with E-state index in [-0.39, 0.29) is 12.6 Å². The molecule has 0 aliphatic carbocycles. The van der Waals surface area contributed by atoms with Crippen LogP contribution in [0.4, 0.5) is 13.2 Å². The molecule has 0 radical (unpaired) electrons. The molecule has 1 heterocycles. The smallest absolute Gasteiger partial charge is 0.329 e. The minimum atomic E-state index is -4.28. The highest BCUT2D eigenvalue weighted by Crippen LogP contribution is 2.34. The highest BCUT2D eigenvalue weighted by molar-refractivity contribution is 5.39. The van der Waals surface area contributed by atoms with E-state index in [4.69, 9.17) is 5.73 Å². The van der Waals surface area contributed by atoms with Crippen molar-refractivity contribution in [1.29, 1.82) is 0 Å². The number of rotatable bonds is 1. The zero-order valence-electron chi connectivity index (χ0n) is 8.64. The van der Waals surface area contributed by atoms with Gasteiger partial charge in [0.15, 0.2) is 0 Å². The van der Waals surface area contributed by atoms with Crippen molar-refractivity contribution in [1.82, 2.24) is 5.32 Å². The van der Waals surface area contributed by atoms with E-state index in [1.54, 1.807) is 6.07 Å². The molecule has 0 saturated heterocycles. The van der Waals surface area contributed by atoms with Gasteiger partial charge in [0.1, 0.15) is 0 Å². The van der Waals surface area contributed by atoms with Gasteiger partial charge in [0.2, 0.25) is 0 Å². The van der Waals surface area contributed by atoms with Gasteiger partial charge in [-0.1, -0.05) is 12.1 Å².